The average molecular weight is 548 g/mol. The number of nitrogens with zero attached hydrogens (tertiary/aromatic N) is 4. The number of halogens is 1. The summed E-state index contributed by atoms with van der Waals surface area (Å²) in [5.74, 6) is -0.498. The van der Waals surface area contributed by atoms with Crippen LogP contribution in [0, 0.1) is 5.82 Å². The molecule has 3 heterocycles. The summed E-state index contributed by atoms with van der Waals surface area (Å²) in [5, 5.41) is 10.4. The number of morpholine rings is 1. The summed E-state index contributed by atoms with van der Waals surface area (Å²) in [7, 11) is 0. The minimum atomic E-state index is -0.626. The van der Waals surface area contributed by atoms with Crippen LogP contribution in [0.1, 0.15) is 55.2 Å². The Morgan fingerprint density at radius 1 is 1.10 bits per heavy atom. The van der Waals surface area contributed by atoms with Crippen molar-refractivity contribution in [2.45, 2.75) is 56.7 Å². The number of ether oxygens (including phenoxy) is 1. The molecule has 0 radical (unpaired) electrons. The number of nitrogens with two attached hydrogens (primary N) is 1. The van der Waals surface area contributed by atoms with Crippen LogP contribution in [-0.4, -0.2) is 56.5 Å². The molecule has 3 aliphatic rings. The fourth-order valence-electron chi connectivity index (χ4n) is 6.26. The first-order valence-corrected chi connectivity index (χ1v) is 14.0. The third-order valence-corrected chi connectivity index (χ3v) is 8.37. The van der Waals surface area contributed by atoms with E-state index in [9.17, 15) is 19.1 Å². The molecule has 3 N–H and O–H groups in total. The number of allylic oxidation sites excluding steroid dienone is 4. The molecule has 9 nitrogen and oxygen atoms in total. The van der Waals surface area contributed by atoms with Crippen LogP contribution >= 0.6 is 0 Å². The quantitative estimate of drug-likeness (QED) is 0.504. The highest BCUT2D eigenvalue weighted by atomic mass is 19.1. The largest absolute Gasteiger partial charge is 0.508 e. The van der Waals surface area contributed by atoms with Crippen LogP contribution in [0.4, 0.5) is 4.39 Å². The molecular formula is C30H34FN5O4. The molecule has 1 aromatic carbocycles. The number of phenols is 1. The van der Waals surface area contributed by atoms with E-state index < -0.39 is 17.1 Å². The second-order valence-corrected chi connectivity index (χ2v) is 11.0. The number of hydrogen-bond donors (Lipinski definition) is 2. The van der Waals surface area contributed by atoms with Crippen LogP contribution in [0.2, 0.25) is 0 Å². The molecule has 2 fully saturated rings. The van der Waals surface area contributed by atoms with Crippen molar-refractivity contribution in [2.24, 2.45) is 5.73 Å². The molecule has 1 atom stereocenters. The Morgan fingerprint density at radius 2 is 1.88 bits per heavy atom. The van der Waals surface area contributed by atoms with Crippen molar-refractivity contribution in [3.05, 3.63) is 86.5 Å². The van der Waals surface area contributed by atoms with Gasteiger partial charge in [-0.3, -0.25) is 14.3 Å². The van der Waals surface area contributed by atoms with Crippen LogP contribution in [0.5, 0.6) is 5.75 Å². The van der Waals surface area contributed by atoms with Crippen molar-refractivity contribution in [3.8, 4) is 5.75 Å². The molecule has 40 heavy (non-hydrogen) atoms. The number of phenolic OH excluding ortho intramolecular Hbond substituents is 1. The summed E-state index contributed by atoms with van der Waals surface area (Å²) < 4.78 is 22.5. The van der Waals surface area contributed by atoms with Crippen LogP contribution in [-0.2, 0) is 11.3 Å². The van der Waals surface area contributed by atoms with E-state index in [0.717, 1.165) is 43.3 Å². The first-order valence-electron chi connectivity index (χ1n) is 14.0. The Balaban J connectivity index is 1.40. The van der Waals surface area contributed by atoms with Crippen LogP contribution in [0.3, 0.4) is 0 Å². The van der Waals surface area contributed by atoms with Gasteiger partial charge < -0.3 is 15.6 Å². The highest BCUT2D eigenvalue weighted by molar-refractivity contribution is 5.78. The third kappa shape index (κ3) is 5.14. The van der Waals surface area contributed by atoms with E-state index in [4.69, 9.17) is 10.5 Å². The van der Waals surface area contributed by atoms with E-state index in [1.807, 2.05) is 18.2 Å². The van der Waals surface area contributed by atoms with Gasteiger partial charge in [0.05, 0.1) is 24.8 Å². The van der Waals surface area contributed by atoms with Gasteiger partial charge in [-0.1, -0.05) is 18.2 Å². The molecule has 0 bridgehead atoms. The Bertz CT molecular complexity index is 1600. The van der Waals surface area contributed by atoms with Crippen molar-refractivity contribution < 1.29 is 14.2 Å². The molecule has 210 valence electrons. The summed E-state index contributed by atoms with van der Waals surface area (Å²) >= 11 is 0. The van der Waals surface area contributed by atoms with E-state index >= 15 is 0 Å². The zero-order valence-corrected chi connectivity index (χ0v) is 22.3. The number of aromatic hydroxyl groups is 1. The van der Waals surface area contributed by atoms with Crippen LogP contribution in [0.25, 0.3) is 16.7 Å². The smallest absolute Gasteiger partial charge is 0.337 e. The number of fused-ring (bicyclic) bond motifs is 1. The number of aromatic nitrogens is 3. The van der Waals surface area contributed by atoms with Gasteiger partial charge in [0.2, 0.25) is 0 Å². The van der Waals surface area contributed by atoms with E-state index in [-0.39, 0.29) is 34.8 Å². The minimum Gasteiger partial charge on any atom is -0.508 e. The van der Waals surface area contributed by atoms with Gasteiger partial charge in [0.25, 0.3) is 5.56 Å². The van der Waals surface area contributed by atoms with Crippen molar-refractivity contribution in [1.29, 1.82) is 0 Å². The van der Waals surface area contributed by atoms with E-state index in [1.165, 1.54) is 15.2 Å². The summed E-state index contributed by atoms with van der Waals surface area (Å²) in [5.41, 5.74) is 8.00. The van der Waals surface area contributed by atoms with E-state index in [0.29, 0.717) is 44.7 Å². The molecule has 1 unspecified atom stereocenters. The number of pyridine rings is 1. The Labute approximate surface area is 231 Å². The predicted molar refractivity (Wildman–Crippen MR) is 151 cm³/mol. The maximum Gasteiger partial charge on any atom is 0.337 e. The van der Waals surface area contributed by atoms with Crippen LogP contribution in [0.15, 0.2) is 58.3 Å². The van der Waals surface area contributed by atoms with Gasteiger partial charge in [0.15, 0.2) is 5.65 Å². The zero-order valence-electron chi connectivity index (χ0n) is 22.3. The SMILES string of the molecule is NC1CCC(n2c(=O)c3cc(F)cnc3n(C3=CC=CC(c4ccc(O)cc4CN4CCOCC4)C3)c2=O)CC1. The standard InChI is InChI=1S/C30H34FN5O4/c31-21-16-27-28(33-17-21)35(30(39)36(29(27)38)23-6-4-22(32)5-7-23)24-3-1-2-19(14-24)26-9-8-25(37)15-20(26)18-34-10-12-40-13-11-34/h1-3,8-9,15-17,19,22-23,37H,4-7,10-14,18,32H2. The summed E-state index contributed by atoms with van der Waals surface area (Å²) in [6, 6.07) is 6.34. The number of rotatable bonds is 5. The molecule has 1 aliphatic heterocycles. The van der Waals surface area contributed by atoms with E-state index in [1.54, 1.807) is 12.1 Å². The predicted octanol–water partition coefficient (Wildman–Crippen LogP) is 3.26. The summed E-state index contributed by atoms with van der Waals surface area (Å²) in [6.07, 6.45) is 10.0. The highest BCUT2D eigenvalue weighted by Gasteiger charge is 2.28. The second kappa shape index (κ2) is 11.1. The maximum atomic E-state index is 14.3. The Morgan fingerprint density at radius 3 is 2.65 bits per heavy atom. The average Bonchev–Trinajstić information content (AvgIpc) is 2.95. The molecule has 6 rings (SSSR count). The molecule has 10 heteroatoms. The normalized spacial score (nSPS) is 23.9. The van der Waals surface area contributed by atoms with Gasteiger partial charge in [0, 0.05) is 43.3 Å². The lowest BCUT2D eigenvalue weighted by Crippen LogP contribution is -2.44. The Hall–Kier alpha value is -3.60. The fraction of sp³-hybridized carbons (Fsp3) is 0.433. The first kappa shape index (κ1) is 26.6. The van der Waals surface area contributed by atoms with Crippen molar-refractivity contribution in [2.75, 3.05) is 26.3 Å². The van der Waals surface area contributed by atoms with Gasteiger partial charge in [0.1, 0.15) is 11.6 Å². The minimum absolute atomic E-state index is 0.0534. The zero-order chi connectivity index (χ0) is 27.8. The fourth-order valence-corrected chi connectivity index (χ4v) is 6.26. The number of benzene rings is 1. The monoisotopic (exact) mass is 547 g/mol. The van der Waals surface area contributed by atoms with Crippen LogP contribution < -0.4 is 17.0 Å². The molecule has 0 spiro atoms. The second-order valence-electron chi connectivity index (χ2n) is 11.0. The number of hydrogen-bond acceptors (Lipinski definition) is 7. The summed E-state index contributed by atoms with van der Waals surface area (Å²) in [4.78, 5) is 34.1. The summed E-state index contributed by atoms with van der Waals surface area (Å²) in [6.45, 7) is 3.66. The maximum absolute atomic E-state index is 14.3. The third-order valence-electron chi connectivity index (χ3n) is 8.37. The van der Waals surface area contributed by atoms with E-state index in [2.05, 4.69) is 16.0 Å². The Kier molecular flexibility index (Phi) is 7.39. The molecule has 3 aromatic rings. The lowest BCUT2D eigenvalue weighted by Gasteiger charge is -2.30. The van der Waals surface area contributed by atoms with Gasteiger partial charge >= 0.3 is 5.69 Å². The van der Waals surface area contributed by atoms with Gasteiger partial charge in [-0.15, -0.1) is 0 Å². The molecule has 2 aromatic heterocycles. The van der Waals surface area contributed by atoms with Crippen molar-refractivity contribution in [1.82, 2.24) is 19.0 Å². The van der Waals surface area contributed by atoms with Crippen molar-refractivity contribution >= 4 is 16.7 Å². The molecular weight excluding hydrogens is 513 g/mol. The molecule has 1 saturated heterocycles. The van der Waals surface area contributed by atoms with Gasteiger partial charge in [-0.05, 0) is 67.5 Å². The topological polar surface area (TPSA) is 116 Å². The molecule has 0 amide bonds. The first-order chi connectivity index (χ1) is 19.4. The molecule has 1 saturated carbocycles. The van der Waals surface area contributed by atoms with Gasteiger partial charge in [-0.2, -0.15) is 0 Å². The van der Waals surface area contributed by atoms with Gasteiger partial charge in [-0.25, -0.2) is 18.7 Å². The lowest BCUT2D eigenvalue weighted by molar-refractivity contribution is 0.0340. The molecule has 2 aliphatic carbocycles. The highest BCUT2D eigenvalue weighted by Crippen LogP contribution is 2.35. The lowest BCUT2D eigenvalue weighted by atomic mass is 9.87. The van der Waals surface area contributed by atoms with Crippen molar-refractivity contribution in [3.63, 3.8) is 0 Å².